The summed E-state index contributed by atoms with van der Waals surface area (Å²) in [6, 6.07) is 8.62. The van der Waals surface area contributed by atoms with E-state index >= 15 is 0 Å². The van der Waals surface area contributed by atoms with Gasteiger partial charge in [0, 0.05) is 17.0 Å². The molecule has 1 aromatic heterocycles. The highest BCUT2D eigenvalue weighted by atomic mass is 32.1. The first-order valence-electron chi connectivity index (χ1n) is 6.13. The number of aromatic nitrogens is 1. The molecule has 1 aliphatic heterocycles. The van der Waals surface area contributed by atoms with Crippen molar-refractivity contribution in [1.29, 1.82) is 0 Å². The molecular weight excluding hydrogens is 228 g/mol. The van der Waals surface area contributed by atoms with Crippen LogP contribution in [0.4, 0.5) is 5.82 Å². The molecule has 1 aliphatic rings. The van der Waals surface area contributed by atoms with Crippen LogP contribution in [0, 0.1) is 6.92 Å². The minimum Gasteiger partial charge on any atom is -0.369 e. The van der Waals surface area contributed by atoms with Gasteiger partial charge >= 0.3 is 0 Å². The number of thiazole rings is 1. The molecular formula is C14H16N2S. The Bertz CT molecular complexity index is 490. The van der Waals surface area contributed by atoms with E-state index in [0.717, 1.165) is 17.4 Å². The van der Waals surface area contributed by atoms with Crippen molar-refractivity contribution in [2.45, 2.75) is 26.2 Å². The van der Waals surface area contributed by atoms with Crippen molar-refractivity contribution >= 4 is 17.2 Å². The van der Waals surface area contributed by atoms with Gasteiger partial charge in [0.1, 0.15) is 10.8 Å². The lowest BCUT2D eigenvalue weighted by Gasteiger charge is -1.98. The maximum atomic E-state index is 4.72. The van der Waals surface area contributed by atoms with E-state index < -0.39 is 0 Å². The molecule has 0 saturated heterocycles. The lowest BCUT2D eigenvalue weighted by atomic mass is 10.2. The van der Waals surface area contributed by atoms with Gasteiger partial charge in [-0.15, -0.1) is 11.3 Å². The van der Waals surface area contributed by atoms with Crippen LogP contribution < -0.4 is 5.32 Å². The summed E-state index contributed by atoms with van der Waals surface area (Å²) in [5.41, 5.74) is 2.53. The fraction of sp³-hybridized carbons (Fsp3) is 0.357. The Morgan fingerprint density at radius 1 is 1.18 bits per heavy atom. The summed E-state index contributed by atoms with van der Waals surface area (Å²) in [6.07, 6.45) is 3.70. The largest absolute Gasteiger partial charge is 0.369 e. The van der Waals surface area contributed by atoms with Crippen molar-refractivity contribution in [3.63, 3.8) is 0 Å². The summed E-state index contributed by atoms with van der Waals surface area (Å²) < 4.78 is 0. The van der Waals surface area contributed by atoms with Crippen LogP contribution in [-0.2, 0) is 6.42 Å². The van der Waals surface area contributed by atoms with Crippen molar-refractivity contribution in [3.8, 4) is 10.6 Å². The summed E-state index contributed by atoms with van der Waals surface area (Å²) >= 11 is 1.83. The minimum absolute atomic E-state index is 1.06. The summed E-state index contributed by atoms with van der Waals surface area (Å²) in [5, 5.41) is 4.57. The molecule has 0 unspecified atom stereocenters. The maximum Gasteiger partial charge on any atom is 0.140 e. The molecule has 2 aromatic rings. The van der Waals surface area contributed by atoms with E-state index in [1.165, 1.54) is 35.3 Å². The van der Waals surface area contributed by atoms with Gasteiger partial charge in [-0.3, -0.25) is 0 Å². The van der Waals surface area contributed by atoms with E-state index in [1.807, 2.05) is 11.3 Å². The second-order valence-electron chi connectivity index (χ2n) is 4.54. The van der Waals surface area contributed by atoms with Crippen LogP contribution in [0.2, 0.25) is 0 Å². The molecule has 17 heavy (non-hydrogen) atoms. The first-order valence-corrected chi connectivity index (χ1v) is 6.95. The average molecular weight is 244 g/mol. The van der Waals surface area contributed by atoms with Crippen molar-refractivity contribution < 1.29 is 0 Å². The highest BCUT2D eigenvalue weighted by Crippen LogP contribution is 2.33. The summed E-state index contributed by atoms with van der Waals surface area (Å²) in [7, 11) is 0. The van der Waals surface area contributed by atoms with Gasteiger partial charge in [0.05, 0.1) is 0 Å². The highest BCUT2D eigenvalue weighted by Gasteiger charge is 2.14. The summed E-state index contributed by atoms with van der Waals surface area (Å²) in [4.78, 5) is 6.13. The number of hydrogen-bond acceptors (Lipinski definition) is 3. The van der Waals surface area contributed by atoms with Gasteiger partial charge in [0.2, 0.25) is 0 Å². The third kappa shape index (κ3) is 2.20. The highest BCUT2D eigenvalue weighted by molar-refractivity contribution is 7.15. The van der Waals surface area contributed by atoms with Gasteiger partial charge < -0.3 is 5.32 Å². The van der Waals surface area contributed by atoms with E-state index in [2.05, 4.69) is 36.5 Å². The van der Waals surface area contributed by atoms with Crippen molar-refractivity contribution in [1.82, 2.24) is 4.98 Å². The number of rotatable bonds is 1. The smallest absolute Gasteiger partial charge is 0.140 e. The molecule has 0 spiro atoms. The van der Waals surface area contributed by atoms with Crippen LogP contribution in [0.3, 0.4) is 0 Å². The number of hydrogen-bond donors (Lipinski definition) is 1. The number of nitrogens with zero attached hydrogens (tertiary/aromatic N) is 1. The van der Waals surface area contributed by atoms with Crippen molar-refractivity contribution in [2.24, 2.45) is 0 Å². The van der Waals surface area contributed by atoms with Crippen LogP contribution in [0.1, 0.15) is 23.3 Å². The first kappa shape index (κ1) is 10.8. The Kier molecular flexibility index (Phi) is 2.85. The molecule has 0 aliphatic carbocycles. The molecule has 0 fully saturated rings. The number of fused-ring (bicyclic) bond motifs is 1. The third-order valence-corrected chi connectivity index (χ3v) is 4.28. The Hall–Kier alpha value is -1.35. The summed E-state index contributed by atoms with van der Waals surface area (Å²) in [5.74, 6) is 1.11. The SMILES string of the molecule is Cc1ccc(-c2nc3c(s2)CCCCN3)cc1. The fourth-order valence-corrected chi connectivity index (χ4v) is 3.18. The van der Waals surface area contributed by atoms with E-state index in [9.17, 15) is 0 Å². The lowest BCUT2D eigenvalue weighted by Crippen LogP contribution is -1.99. The van der Waals surface area contributed by atoms with Gasteiger partial charge in [-0.05, 0) is 26.2 Å². The quantitative estimate of drug-likeness (QED) is 0.823. The Morgan fingerprint density at radius 3 is 2.82 bits per heavy atom. The Morgan fingerprint density at radius 2 is 2.00 bits per heavy atom. The molecule has 2 heterocycles. The van der Waals surface area contributed by atoms with E-state index in [1.54, 1.807) is 0 Å². The second kappa shape index (κ2) is 4.49. The number of anilines is 1. The molecule has 1 N–H and O–H groups in total. The normalized spacial score (nSPS) is 14.9. The Balaban J connectivity index is 1.96. The van der Waals surface area contributed by atoms with Gasteiger partial charge in [-0.1, -0.05) is 29.8 Å². The minimum atomic E-state index is 1.06. The molecule has 88 valence electrons. The summed E-state index contributed by atoms with van der Waals surface area (Å²) in [6.45, 7) is 3.17. The predicted octanol–water partition coefficient (Wildman–Crippen LogP) is 3.87. The third-order valence-electron chi connectivity index (χ3n) is 3.12. The molecule has 3 heteroatoms. The molecule has 3 rings (SSSR count). The van der Waals surface area contributed by atoms with Crippen molar-refractivity contribution in [3.05, 3.63) is 34.7 Å². The number of nitrogens with one attached hydrogen (secondary N) is 1. The van der Waals surface area contributed by atoms with Crippen LogP contribution >= 0.6 is 11.3 Å². The van der Waals surface area contributed by atoms with Crippen LogP contribution in [-0.4, -0.2) is 11.5 Å². The van der Waals surface area contributed by atoms with Crippen LogP contribution in [0.15, 0.2) is 24.3 Å². The number of aryl methyl sites for hydroxylation is 2. The van der Waals surface area contributed by atoms with Gasteiger partial charge in [-0.2, -0.15) is 0 Å². The molecule has 0 amide bonds. The van der Waals surface area contributed by atoms with Gasteiger partial charge in [0.25, 0.3) is 0 Å². The van der Waals surface area contributed by atoms with Crippen molar-refractivity contribution in [2.75, 3.05) is 11.9 Å². The Labute approximate surface area is 106 Å². The molecule has 0 bridgehead atoms. The van der Waals surface area contributed by atoms with Crippen LogP contribution in [0.5, 0.6) is 0 Å². The first-order chi connectivity index (χ1) is 8.33. The number of benzene rings is 1. The van der Waals surface area contributed by atoms with E-state index in [4.69, 9.17) is 4.98 Å². The zero-order chi connectivity index (χ0) is 11.7. The molecule has 0 radical (unpaired) electrons. The second-order valence-corrected chi connectivity index (χ2v) is 5.62. The molecule has 1 aromatic carbocycles. The topological polar surface area (TPSA) is 24.9 Å². The predicted molar refractivity (Wildman–Crippen MR) is 73.7 cm³/mol. The van der Waals surface area contributed by atoms with Gasteiger partial charge in [-0.25, -0.2) is 4.98 Å². The standard InChI is InChI=1S/C14H16N2S/c1-10-5-7-11(8-6-10)14-16-13-12(17-14)4-2-3-9-15-13/h5-8,15H,2-4,9H2,1H3. The van der Waals surface area contributed by atoms with E-state index in [-0.39, 0.29) is 0 Å². The monoisotopic (exact) mass is 244 g/mol. The van der Waals surface area contributed by atoms with Gasteiger partial charge in [0.15, 0.2) is 0 Å². The average Bonchev–Trinajstić information content (AvgIpc) is 2.62. The lowest BCUT2D eigenvalue weighted by molar-refractivity contribution is 0.790. The van der Waals surface area contributed by atoms with E-state index in [0.29, 0.717) is 0 Å². The zero-order valence-corrected chi connectivity index (χ0v) is 10.8. The molecule has 0 saturated carbocycles. The molecule has 2 nitrogen and oxygen atoms in total. The fourth-order valence-electron chi connectivity index (χ4n) is 2.10. The molecule has 0 atom stereocenters. The maximum absolute atomic E-state index is 4.72. The zero-order valence-electron chi connectivity index (χ0n) is 9.99. The van der Waals surface area contributed by atoms with Crippen LogP contribution in [0.25, 0.3) is 10.6 Å².